The van der Waals surface area contributed by atoms with Gasteiger partial charge in [-0.15, -0.1) is 11.8 Å². The second-order valence-corrected chi connectivity index (χ2v) is 4.68. The van der Waals surface area contributed by atoms with Crippen LogP contribution in [-0.2, 0) is 0 Å². The second kappa shape index (κ2) is 5.70. The Labute approximate surface area is 104 Å². The molecule has 2 aromatic rings. The standard InChI is InChI=1S/C13H13NO2S/c15-13(12-8-4-5-9-14(12)16)10-17-11-6-2-1-3-7-11/h1-9,13,15H,10H2. The molecule has 1 unspecified atom stereocenters. The zero-order valence-corrected chi connectivity index (χ0v) is 10.0. The topological polar surface area (TPSA) is 47.2 Å². The molecule has 0 aliphatic heterocycles. The number of hydrogen-bond acceptors (Lipinski definition) is 3. The number of rotatable bonds is 4. The average molecular weight is 247 g/mol. The van der Waals surface area contributed by atoms with Gasteiger partial charge < -0.3 is 10.3 Å². The molecule has 0 spiro atoms. The van der Waals surface area contributed by atoms with E-state index < -0.39 is 6.10 Å². The highest BCUT2D eigenvalue weighted by molar-refractivity contribution is 7.99. The van der Waals surface area contributed by atoms with Gasteiger partial charge in [-0.05, 0) is 18.2 Å². The number of nitrogens with zero attached hydrogens (tertiary/aromatic N) is 1. The van der Waals surface area contributed by atoms with Crippen molar-refractivity contribution in [1.29, 1.82) is 0 Å². The number of thioether (sulfide) groups is 1. The fraction of sp³-hybridized carbons (Fsp3) is 0.154. The summed E-state index contributed by atoms with van der Waals surface area (Å²) in [4.78, 5) is 1.08. The van der Waals surface area contributed by atoms with Gasteiger partial charge in [-0.25, -0.2) is 0 Å². The molecule has 2 rings (SSSR count). The molecule has 0 saturated carbocycles. The highest BCUT2D eigenvalue weighted by Crippen LogP contribution is 2.22. The summed E-state index contributed by atoms with van der Waals surface area (Å²) >= 11 is 1.53. The summed E-state index contributed by atoms with van der Waals surface area (Å²) in [5.41, 5.74) is 0.385. The largest absolute Gasteiger partial charge is 0.618 e. The minimum atomic E-state index is -0.751. The fourth-order valence-corrected chi connectivity index (χ4v) is 2.35. The Kier molecular flexibility index (Phi) is 4.01. The summed E-state index contributed by atoms with van der Waals surface area (Å²) in [6, 6.07) is 14.8. The molecule has 0 fully saturated rings. The van der Waals surface area contributed by atoms with Crippen LogP contribution in [0.4, 0.5) is 0 Å². The monoisotopic (exact) mass is 247 g/mol. The molecule has 0 amide bonds. The lowest BCUT2D eigenvalue weighted by molar-refractivity contribution is -0.618. The van der Waals surface area contributed by atoms with Gasteiger partial charge in [0.2, 0.25) is 5.69 Å². The first kappa shape index (κ1) is 12.0. The summed E-state index contributed by atoms with van der Waals surface area (Å²) in [7, 11) is 0. The van der Waals surface area contributed by atoms with Crippen molar-refractivity contribution in [3.05, 3.63) is 65.6 Å². The number of aromatic nitrogens is 1. The summed E-state index contributed by atoms with van der Waals surface area (Å²) in [6.07, 6.45) is 0.644. The minimum absolute atomic E-state index is 0.385. The quantitative estimate of drug-likeness (QED) is 0.511. The highest BCUT2D eigenvalue weighted by Gasteiger charge is 2.16. The molecule has 0 aliphatic rings. The van der Waals surface area contributed by atoms with Crippen molar-refractivity contribution in [2.75, 3.05) is 5.75 Å². The zero-order valence-electron chi connectivity index (χ0n) is 9.19. The molecule has 1 N–H and O–H groups in total. The molecular formula is C13H13NO2S. The maximum Gasteiger partial charge on any atom is 0.222 e. The fourth-order valence-electron chi connectivity index (χ4n) is 1.48. The van der Waals surface area contributed by atoms with E-state index in [4.69, 9.17) is 0 Å². The van der Waals surface area contributed by atoms with Crippen LogP contribution in [0.5, 0.6) is 0 Å². The van der Waals surface area contributed by atoms with Gasteiger partial charge in [-0.3, -0.25) is 0 Å². The van der Waals surface area contributed by atoms with Crippen molar-refractivity contribution in [3.8, 4) is 0 Å². The number of pyridine rings is 1. The van der Waals surface area contributed by atoms with Crippen LogP contribution in [0.25, 0.3) is 0 Å². The van der Waals surface area contributed by atoms with Gasteiger partial charge in [0.15, 0.2) is 6.20 Å². The van der Waals surface area contributed by atoms with Gasteiger partial charge in [-0.2, -0.15) is 4.73 Å². The molecule has 1 aromatic carbocycles. The van der Waals surface area contributed by atoms with Crippen LogP contribution in [0.15, 0.2) is 59.6 Å². The van der Waals surface area contributed by atoms with Gasteiger partial charge in [-0.1, -0.05) is 18.2 Å². The molecule has 1 atom stereocenters. The number of aliphatic hydroxyl groups is 1. The van der Waals surface area contributed by atoms with E-state index in [0.29, 0.717) is 16.2 Å². The summed E-state index contributed by atoms with van der Waals surface area (Å²) in [6.45, 7) is 0. The SMILES string of the molecule is [O-][n+]1ccccc1C(O)CSc1ccccc1. The summed E-state index contributed by atoms with van der Waals surface area (Å²) < 4.78 is 0.705. The molecule has 88 valence electrons. The predicted octanol–water partition coefficient (Wildman–Crippen LogP) is 2.15. The normalized spacial score (nSPS) is 12.3. The molecule has 0 saturated heterocycles. The van der Waals surface area contributed by atoms with Gasteiger partial charge in [0.25, 0.3) is 0 Å². The van der Waals surface area contributed by atoms with Gasteiger partial charge in [0, 0.05) is 22.8 Å². The highest BCUT2D eigenvalue weighted by atomic mass is 32.2. The van der Waals surface area contributed by atoms with Crippen molar-refractivity contribution in [2.45, 2.75) is 11.0 Å². The molecule has 1 aromatic heterocycles. The van der Waals surface area contributed by atoms with Crippen molar-refractivity contribution < 1.29 is 9.84 Å². The van der Waals surface area contributed by atoms with E-state index in [-0.39, 0.29) is 0 Å². The Balaban J connectivity index is 1.99. The lowest BCUT2D eigenvalue weighted by atomic mass is 10.2. The van der Waals surface area contributed by atoms with Crippen molar-refractivity contribution >= 4 is 11.8 Å². The van der Waals surface area contributed by atoms with Crippen molar-refractivity contribution in [1.82, 2.24) is 0 Å². The van der Waals surface area contributed by atoms with Crippen LogP contribution in [0.2, 0.25) is 0 Å². The van der Waals surface area contributed by atoms with E-state index in [2.05, 4.69) is 0 Å². The van der Waals surface area contributed by atoms with Crippen LogP contribution in [0.1, 0.15) is 11.8 Å². The van der Waals surface area contributed by atoms with E-state index in [9.17, 15) is 10.3 Å². The van der Waals surface area contributed by atoms with Crippen LogP contribution in [0.3, 0.4) is 0 Å². The molecule has 17 heavy (non-hydrogen) atoms. The van der Waals surface area contributed by atoms with Crippen molar-refractivity contribution in [3.63, 3.8) is 0 Å². The first-order chi connectivity index (χ1) is 8.27. The smallest absolute Gasteiger partial charge is 0.222 e. The Morgan fingerprint density at radius 1 is 1.12 bits per heavy atom. The average Bonchev–Trinajstić information content (AvgIpc) is 2.38. The van der Waals surface area contributed by atoms with Crippen LogP contribution in [-0.4, -0.2) is 10.9 Å². The van der Waals surface area contributed by atoms with E-state index in [1.54, 1.807) is 18.2 Å². The molecule has 0 aliphatic carbocycles. The van der Waals surface area contributed by atoms with Crippen LogP contribution >= 0.6 is 11.8 Å². The zero-order chi connectivity index (χ0) is 12.1. The minimum Gasteiger partial charge on any atom is -0.618 e. The number of benzene rings is 1. The lowest BCUT2D eigenvalue weighted by Crippen LogP contribution is -2.33. The Morgan fingerprint density at radius 2 is 1.82 bits per heavy atom. The second-order valence-electron chi connectivity index (χ2n) is 3.59. The van der Waals surface area contributed by atoms with Crippen LogP contribution < -0.4 is 4.73 Å². The Hall–Kier alpha value is -1.52. The molecule has 3 nitrogen and oxygen atoms in total. The molecule has 4 heteroatoms. The first-order valence-corrected chi connectivity index (χ1v) is 6.30. The summed E-state index contributed by atoms with van der Waals surface area (Å²) in [5, 5.41) is 21.3. The molecule has 1 heterocycles. The number of aliphatic hydroxyl groups excluding tert-OH is 1. The maximum atomic E-state index is 11.4. The van der Waals surface area contributed by atoms with E-state index in [1.807, 2.05) is 30.3 Å². The first-order valence-electron chi connectivity index (χ1n) is 5.31. The third kappa shape index (κ3) is 3.22. The summed E-state index contributed by atoms with van der Waals surface area (Å²) in [5.74, 6) is 0.469. The van der Waals surface area contributed by atoms with Gasteiger partial charge >= 0.3 is 0 Å². The van der Waals surface area contributed by atoms with Gasteiger partial charge in [0.05, 0.1) is 0 Å². The third-order valence-corrected chi connectivity index (χ3v) is 3.43. The van der Waals surface area contributed by atoms with Gasteiger partial charge in [0.1, 0.15) is 6.10 Å². The molecule has 0 radical (unpaired) electrons. The van der Waals surface area contributed by atoms with E-state index >= 15 is 0 Å². The van der Waals surface area contributed by atoms with E-state index in [0.717, 1.165) is 4.90 Å². The number of hydrogen-bond donors (Lipinski definition) is 1. The van der Waals surface area contributed by atoms with Crippen molar-refractivity contribution in [2.24, 2.45) is 0 Å². The Bertz CT molecular complexity index is 476. The lowest BCUT2D eigenvalue weighted by Gasteiger charge is -2.10. The van der Waals surface area contributed by atoms with E-state index in [1.165, 1.54) is 18.0 Å². The molecule has 0 bridgehead atoms. The third-order valence-electron chi connectivity index (χ3n) is 2.35. The maximum absolute atomic E-state index is 11.4. The Morgan fingerprint density at radius 3 is 2.53 bits per heavy atom. The predicted molar refractivity (Wildman–Crippen MR) is 67.5 cm³/mol. The van der Waals surface area contributed by atoms with Crippen LogP contribution in [0, 0.1) is 5.21 Å². The molecular weight excluding hydrogens is 234 g/mol.